The fourth-order valence-corrected chi connectivity index (χ4v) is 4.80. The van der Waals surface area contributed by atoms with Crippen molar-refractivity contribution in [1.82, 2.24) is 9.88 Å². The number of carbonyl (C=O) groups is 1. The van der Waals surface area contributed by atoms with Crippen molar-refractivity contribution in [3.05, 3.63) is 65.6 Å². The molecule has 1 atom stereocenters. The summed E-state index contributed by atoms with van der Waals surface area (Å²) in [4.78, 5) is 19.2. The zero-order valence-electron chi connectivity index (χ0n) is 18.2. The van der Waals surface area contributed by atoms with Gasteiger partial charge in [-0.1, -0.05) is 12.1 Å². The third-order valence-corrected chi connectivity index (χ3v) is 6.53. The first-order valence-electron chi connectivity index (χ1n) is 11.3. The van der Waals surface area contributed by atoms with Crippen molar-refractivity contribution in [2.45, 2.75) is 50.7 Å². The van der Waals surface area contributed by atoms with Crippen LogP contribution < -0.4 is 9.47 Å². The van der Waals surface area contributed by atoms with Crippen LogP contribution in [0.4, 0.5) is 4.39 Å². The number of aromatic nitrogens is 1. The molecule has 6 heteroatoms. The lowest BCUT2D eigenvalue weighted by atomic mass is 9.98. The van der Waals surface area contributed by atoms with Crippen molar-refractivity contribution < 1.29 is 18.7 Å². The summed E-state index contributed by atoms with van der Waals surface area (Å²) >= 11 is 0. The summed E-state index contributed by atoms with van der Waals surface area (Å²) in [6.45, 7) is 1.08. The largest absolute Gasteiger partial charge is 0.493 e. The highest BCUT2D eigenvalue weighted by Crippen LogP contribution is 2.37. The normalized spacial score (nSPS) is 19.1. The van der Waals surface area contributed by atoms with E-state index in [2.05, 4.69) is 4.98 Å². The van der Waals surface area contributed by atoms with E-state index in [0.717, 1.165) is 46.5 Å². The lowest BCUT2D eigenvalue weighted by Crippen LogP contribution is -2.25. The van der Waals surface area contributed by atoms with Crippen molar-refractivity contribution in [3.63, 3.8) is 0 Å². The first-order valence-corrected chi connectivity index (χ1v) is 11.3. The number of methoxy groups -OCH3 is 1. The van der Waals surface area contributed by atoms with Gasteiger partial charge in [-0.05, 0) is 67.6 Å². The minimum atomic E-state index is -0.277. The van der Waals surface area contributed by atoms with Gasteiger partial charge in [0.05, 0.1) is 31.0 Å². The lowest BCUT2D eigenvalue weighted by molar-refractivity contribution is -0.128. The van der Waals surface area contributed by atoms with Crippen LogP contribution in [-0.2, 0) is 11.3 Å². The summed E-state index contributed by atoms with van der Waals surface area (Å²) in [6.07, 6.45) is 5.28. The zero-order valence-corrected chi connectivity index (χ0v) is 18.2. The summed E-state index contributed by atoms with van der Waals surface area (Å²) in [7, 11) is 1.66. The smallest absolute Gasteiger partial charge is 0.223 e. The summed E-state index contributed by atoms with van der Waals surface area (Å²) < 4.78 is 25.2. The molecule has 2 aliphatic rings. The number of benzene rings is 2. The number of fused-ring (bicyclic) bond motifs is 1. The van der Waals surface area contributed by atoms with Crippen LogP contribution in [-0.4, -0.2) is 35.5 Å². The molecule has 0 N–H and O–H groups in total. The quantitative estimate of drug-likeness (QED) is 0.534. The van der Waals surface area contributed by atoms with Crippen LogP contribution >= 0.6 is 0 Å². The topological polar surface area (TPSA) is 51.7 Å². The molecule has 1 aromatic heterocycles. The molecule has 1 aliphatic heterocycles. The maximum Gasteiger partial charge on any atom is 0.223 e. The molecule has 0 bridgehead atoms. The molecule has 3 aromatic rings. The van der Waals surface area contributed by atoms with Gasteiger partial charge in [0.1, 0.15) is 5.82 Å². The molecule has 1 saturated heterocycles. The molecule has 0 spiro atoms. The second-order valence-corrected chi connectivity index (χ2v) is 8.75. The molecule has 1 amide bonds. The Morgan fingerprint density at radius 3 is 2.72 bits per heavy atom. The van der Waals surface area contributed by atoms with Crippen LogP contribution in [0.25, 0.3) is 10.9 Å². The van der Waals surface area contributed by atoms with Crippen molar-refractivity contribution in [2.24, 2.45) is 0 Å². The number of ether oxygens (including phenoxy) is 2. The molecule has 2 heterocycles. The van der Waals surface area contributed by atoms with E-state index in [-0.39, 0.29) is 23.7 Å². The van der Waals surface area contributed by atoms with Crippen molar-refractivity contribution in [3.8, 4) is 11.5 Å². The highest BCUT2D eigenvalue weighted by molar-refractivity contribution is 5.80. The van der Waals surface area contributed by atoms with Gasteiger partial charge >= 0.3 is 0 Å². The molecule has 1 unspecified atom stereocenters. The molecule has 32 heavy (non-hydrogen) atoms. The average Bonchev–Trinajstić information content (AvgIpc) is 3.44. The van der Waals surface area contributed by atoms with Crippen molar-refractivity contribution in [1.29, 1.82) is 0 Å². The van der Waals surface area contributed by atoms with Crippen LogP contribution in [0.2, 0.25) is 0 Å². The molecular weight excluding hydrogens is 407 g/mol. The van der Waals surface area contributed by atoms with E-state index < -0.39 is 0 Å². The van der Waals surface area contributed by atoms with Gasteiger partial charge in [0, 0.05) is 24.3 Å². The number of halogens is 1. The van der Waals surface area contributed by atoms with E-state index in [1.807, 2.05) is 35.2 Å². The zero-order chi connectivity index (χ0) is 22.1. The number of hydrogen-bond acceptors (Lipinski definition) is 4. The number of pyridine rings is 1. The van der Waals surface area contributed by atoms with E-state index in [4.69, 9.17) is 9.47 Å². The molecule has 166 valence electrons. The summed E-state index contributed by atoms with van der Waals surface area (Å²) in [5.74, 6) is 1.45. The highest BCUT2D eigenvalue weighted by Gasteiger charge is 2.31. The molecule has 1 aliphatic carbocycles. The summed E-state index contributed by atoms with van der Waals surface area (Å²) in [5, 5.41) is 0.757. The van der Waals surface area contributed by atoms with Crippen molar-refractivity contribution in [2.75, 3.05) is 13.7 Å². The molecule has 2 fully saturated rings. The van der Waals surface area contributed by atoms with Crippen LogP contribution in [0, 0.1) is 5.82 Å². The SMILES string of the molecule is COc1ccc(C2CC(=O)N(Cc3ccc4cc(F)ccc4n3)C2)cc1OC1CCCC1. The number of hydrogen-bond donors (Lipinski definition) is 0. The Bertz CT molecular complexity index is 1140. The standard InChI is InChI=1S/C26H27FN2O3/c1-31-24-11-7-17(13-25(24)32-22-4-2-3-5-22)19-14-26(30)29(15-19)16-21-9-6-18-12-20(27)8-10-23(18)28-21/h6-13,19,22H,2-5,14-16H2,1H3. The van der Waals surface area contributed by atoms with Gasteiger partial charge in [-0.3, -0.25) is 9.78 Å². The third kappa shape index (κ3) is 4.27. The van der Waals surface area contributed by atoms with E-state index in [9.17, 15) is 9.18 Å². The maximum absolute atomic E-state index is 13.4. The van der Waals surface area contributed by atoms with Crippen LogP contribution in [0.15, 0.2) is 48.5 Å². The Balaban J connectivity index is 1.31. The maximum atomic E-state index is 13.4. The Labute approximate surface area is 187 Å². The Morgan fingerprint density at radius 2 is 1.91 bits per heavy atom. The second kappa shape index (κ2) is 8.77. The molecule has 0 radical (unpaired) electrons. The van der Waals surface area contributed by atoms with Gasteiger partial charge < -0.3 is 14.4 Å². The Hall–Kier alpha value is -3.15. The van der Waals surface area contributed by atoms with Gasteiger partial charge in [0.25, 0.3) is 0 Å². The van der Waals surface area contributed by atoms with Crippen LogP contribution in [0.3, 0.4) is 0 Å². The third-order valence-electron chi connectivity index (χ3n) is 6.53. The molecule has 2 aromatic carbocycles. The first-order chi connectivity index (χ1) is 15.6. The predicted octanol–water partition coefficient (Wildman–Crippen LogP) is 5.22. The number of likely N-dealkylation sites (tertiary alicyclic amines) is 1. The van der Waals surface area contributed by atoms with E-state index in [1.54, 1.807) is 13.2 Å². The monoisotopic (exact) mass is 434 g/mol. The first kappa shape index (κ1) is 20.7. The molecule has 5 nitrogen and oxygen atoms in total. The van der Waals surface area contributed by atoms with Gasteiger partial charge in [-0.15, -0.1) is 0 Å². The molecule has 1 saturated carbocycles. The lowest BCUT2D eigenvalue weighted by Gasteiger charge is -2.19. The van der Waals surface area contributed by atoms with E-state index >= 15 is 0 Å². The van der Waals surface area contributed by atoms with Crippen LogP contribution in [0.5, 0.6) is 11.5 Å². The highest BCUT2D eigenvalue weighted by atomic mass is 19.1. The van der Waals surface area contributed by atoms with Crippen LogP contribution in [0.1, 0.15) is 49.3 Å². The predicted molar refractivity (Wildman–Crippen MR) is 120 cm³/mol. The minimum absolute atomic E-state index is 0.105. The van der Waals surface area contributed by atoms with Gasteiger partial charge in [-0.25, -0.2) is 4.39 Å². The summed E-state index contributed by atoms with van der Waals surface area (Å²) in [5.41, 5.74) is 2.63. The van der Waals surface area contributed by atoms with Gasteiger partial charge in [0.15, 0.2) is 11.5 Å². The second-order valence-electron chi connectivity index (χ2n) is 8.75. The van der Waals surface area contributed by atoms with E-state index in [1.165, 1.54) is 25.0 Å². The fourth-order valence-electron chi connectivity index (χ4n) is 4.80. The van der Waals surface area contributed by atoms with Crippen molar-refractivity contribution >= 4 is 16.8 Å². The van der Waals surface area contributed by atoms with E-state index in [0.29, 0.717) is 19.5 Å². The number of amides is 1. The number of rotatable bonds is 6. The average molecular weight is 435 g/mol. The van der Waals surface area contributed by atoms with Gasteiger partial charge in [0.2, 0.25) is 5.91 Å². The van der Waals surface area contributed by atoms with Gasteiger partial charge in [-0.2, -0.15) is 0 Å². The molecular formula is C26H27FN2O3. The summed E-state index contributed by atoms with van der Waals surface area (Å²) in [6, 6.07) is 14.3. The molecule has 5 rings (SSSR count). The Kier molecular flexibility index (Phi) is 5.68. The minimum Gasteiger partial charge on any atom is -0.493 e. The number of nitrogens with zero attached hydrogens (tertiary/aromatic N) is 2. The number of carbonyl (C=O) groups excluding carboxylic acids is 1. The fraction of sp³-hybridized carbons (Fsp3) is 0.385. The Morgan fingerprint density at radius 1 is 1.06 bits per heavy atom.